The van der Waals surface area contributed by atoms with Crippen LogP contribution in [0.25, 0.3) is 16.7 Å². The summed E-state index contributed by atoms with van der Waals surface area (Å²) in [5.41, 5.74) is 6.15. The molecule has 0 unspecified atom stereocenters. The Hall–Kier alpha value is -4.30. The maximum Gasteiger partial charge on any atom is 0.168 e. The highest BCUT2D eigenvalue weighted by atomic mass is 16.1. The van der Waals surface area contributed by atoms with Gasteiger partial charge < -0.3 is 0 Å². The van der Waals surface area contributed by atoms with Crippen molar-refractivity contribution in [3.05, 3.63) is 150 Å². The summed E-state index contributed by atoms with van der Waals surface area (Å²) in [5, 5.41) is 0. The molecule has 0 amide bonds. The number of hydrogen-bond donors (Lipinski definition) is 0. The molecule has 7 rings (SSSR count). The monoisotopic (exact) mass is 464 g/mol. The van der Waals surface area contributed by atoms with E-state index in [0.717, 1.165) is 39.0 Å². The lowest BCUT2D eigenvalue weighted by Gasteiger charge is -2.39. The van der Waals surface area contributed by atoms with Gasteiger partial charge in [0.05, 0.1) is 17.8 Å². The molecule has 3 aliphatic rings. The Morgan fingerprint density at radius 2 is 1.00 bits per heavy atom. The van der Waals surface area contributed by atoms with E-state index >= 15 is 0 Å². The van der Waals surface area contributed by atoms with Crippen molar-refractivity contribution in [1.82, 2.24) is 0 Å². The summed E-state index contributed by atoms with van der Waals surface area (Å²) in [6.45, 7) is 0. The first-order valence-corrected chi connectivity index (χ1v) is 12.5. The molecule has 0 aliphatic heterocycles. The van der Waals surface area contributed by atoms with Gasteiger partial charge in [-0.25, -0.2) is 0 Å². The number of hydrogen-bond acceptors (Lipinski definition) is 2. The van der Waals surface area contributed by atoms with Gasteiger partial charge in [0.1, 0.15) is 5.78 Å². The van der Waals surface area contributed by atoms with Gasteiger partial charge >= 0.3 is 0 Å². The molecule has 0 radical (unpaired) electrons. The minimum Gasteiger partial charge on any atom is -0.298 e. The van der Waals surface area contributed by atoms with Gasteiger partial charge in [-0.1, -0.05) is 127 Å². The zero-order valence-corrected chi connectivity index (χ0v) is 19.7. The van der Waals surface area contributed by atoms with E-state index in [4.69, 9.17) is 0 Å². The van der Waals surface area contributed by atoms with Gasteiger partial charge in [0.15, 0.2) is 5.78 Å². The number of ketones is 2. The molecule has 4 atom stereocenters. The van der Waals surface area contributed by atoms with E-state index in [0.29, 0.717) is 0 Å². The Kier molecular flexibility index (Phi) is 4.59. The highest BCUT2D eigenvalue weighted by Crippen LogP contribution is 2.69. The van der Waals surface area contributed by atoms with E-state index < -0.39 is 23.2 Å². The van der Waals surface area contributed by atoms with E-state index in [1.807, 2.05) is 84.9 Å². The molecule has 4 aromatic carbocycles. The van der Waals surface area contributed by atoms with Crippen molar-refractivity contribution in [3.63, 3.8) is 0 Å². The SMILES string of the molecule is O=C1[C@H]2C(c3ccccc3)=C(c3ccccc3)[C@H]1[C@]1(c3ccccc3)C=C(c3ccccc3)C(=O)[C@H]21. The van der Waals surface area contributed by atoms with Gasteiger partial charge in [0.2, 0.25) is 0 Å². The average Bonchev–Trinajstić information content (AvgIpc) is 3.52. The van der Waals surface area contributed by atoms with Crippen LogP contribution in [0.3, 0.4) is 0 Å². The quantitative estimate of drug-likeness (QED) is 0.339. The third kappa shape index (κ3) is 2.73. The lowest BCUT2D eigenvalue weighted by molar-refractivity contribution is -0.123. The van der Waals surface area contributed by atoms with E-state index in [1.54, 1.807) is 0 Å². The molecule has 2 bridgehead atoms. The van der Waals surface area contributed by atoms with Crippen LogP contribution in [0.1, 0.15) is 22.3 Å². The molecule has 0 saturated heterocycles. The van der Waals surface area contributed by atoms with Crippen molar-refractivity contribution in [2.75, 3.05) is 0 Å². The Morgan fingerprint density at radius 1 is 0.528 bits per heavy atom. The molecule has 1 fully saturated rings. The van der Waals surface area contributed by atoms with Crippen molar-refractivity contribution >= 4 is 28.3 Å². The first-order valence-electron chi connectivity index (χ1n) is 12.5. The average molecular weight is 465 g/mol. The largest absolute Gasteiger partial charge is 0.298 e. The van der Waals surface area contributed by atoms with Crippen molar-refractivity contribution in [2.45, 2.75) is 5.41 Å². The lowest BCUT2D eigenvalue weighted by Crippen LogP contribution is -2.40. The molecule has 3 aliphatic carbocycles. The fraction of sp³-hybridized carbons (Fsp3) is 0.118. The zero-order chi connectivity index (χ0) is 24.3. The summed E-state index contributed by atoms with van der Waals surface area (Å²) in [4.78, 5) is 28.6. The van der Waals surface area contributed by atoms with Gasteiger partial charge in [-0.05, 0) is 33.4 Å². The zero-order valence-electron chi connectivity index (χ0n) is 19.7. The first kappa shape index (κ1) is 21.0. The van der Waals surface area contributed by atoms with Crippen LogP contribution in [0, 0.1) is 17.8 Å². The van der Waals surface area contributed by atoms with Crippen LogP contribution in [-0.2, 0) is 15.0 Å². The number of fused-ring (bicyclic) bond motifs is 5. The summed E-state index contributed by atoms with van der Waals surface area (Å²) < 4.78 is 0. The van der Waals surface area contributed by atoms with Crippen molar-refractivity contribution in [1.29, 1.82) is 0 Å². The van der Waals surface area contributed by atoms with Crippen LogP contribution in [0.2, 0.25) is 0 Å². The number of Topliss-reactive ketones (excluding diaryl/α,β-unsaturated/α-hetero) is 2. The fourth-order valence-electron chi connectivity index (χ4n) is 6.96. The number of allylic oxidation sites excluding steroid dienone is 4. The maximum absolute atomic E-state index is 14.3. The van der Waals surface area contributed by atoms with Crippen LogP contribution >= 0.6 is 0 Å². The molecule has 1 saturated carbocycles. The van der Waals surface area contributed by atoms with E-state index in [1.165, 1.54) is 0 Å². The third-order valence-corrected chi connectivity index (χ3v) is 8.27. The molecular formula is C34H24O2. The minimum absolute atomic E-state index is 0.0754. The standard InChI is InChI=1S/C34H24O2/c35-32-26(22-13-5-1-6-14-22)21-34(25-19-11-4-12-20-25)30-28(24-17-9-3-10-18-24)27(23-15-7-2-8-16-23)29(31(32)34)33(30)36/h1-21,29-31H/t29-,30+,31-,34+/m0/s1. The van der Waals surface area contributed by atoms with Crippen LogP contribution in [0.5, 0.6) is 0 Å². The third-order valence-electron chi connectivity index (χ3n) is 8.27. The van der Waals surface area contributed by atoms with E-state index in [9.17, 15) is 9.59 Å². The molecule has 0 heterocycles. The van der Waals surface area contributed by atoms with Gasteiger partial charge in [-0.3, -0.25) is 9.59 Å². The molecular weight excluding hydrogens is 440 g/mol. The topological polar surface area (TPSA) is 34.1 Å². The molecule has 0 aromatic heterocycles. The van der Waals surface area contributed by atoms with Crippen LogP contribution in [-0.4, -0.2) is 11.6 Å². The van der Waals surface area contributed by atoms with E-state index in [-0.39, 0.29) is 11.6 Å². The Labute approximate surface area is 210 Å². The second-order valence-electron chi connectivity index (χ2n) is 9.94. The second kappa shape index (κ2) is 7.86. The van der Waals surface area contributed by atoms with Crippen LogP contribution in [0.4, 0.5) is 0 Å². The second-order valence-corrected chi connectivity index (χ2v) is 9.94. The molecule has 172 valence electrons. The predicted octanol–water partition coefficient (Wildman–Crippen LogP) is 6.65. The summed E-state index contributed by atoms with van der Waals surface area (Å²) in [7, 11) is 0. The van der Waals surface area contributed by atoms with Crippen molar-refractivity contribution < 1.29 is 9.59 Å². The highest BCUT2D eigenvalue weighted by molar-refractivity contribution is 6.32. The summed E-state index contributed by atoms with van der Waals surface area (Å²) in [6, 6.07) is 40.5. The number of carbonyl (C=O) groups excluding carboxylic acids is 2. The number of carbonyl (C=O) groups is 2. The summed E-state index contributed by atoms with van der Waals surface area (Å²) in [6.07, 6.45) is 2.14. The van der Waals surface area contributed by atoms with Gasteiger partial charge in [0, 0.05) is 11.0 Å². The molecule has 4 aromatic rings. The normalized spacial score (nSPS) is 26.3. The predicted molar refractivity (Wildman–Crippen MR) is 143 cm³/mol. The smallest absolute Gasteiger partial charge is 0.168 e. The Bertz CT molecular complexity index is 1550. The molecule has 0 N–H and O–H groups in total. The van der Waals surface area contributed by atoms with Gasteiger partial charge in [-0.2, -0.15) is 0 Å². The molecule has 36 heavy (non-hydrogen) atoms. The molecule has 2 nitrogen and oxygen atoms in total. The maximum atomic E-state index is 14.3. The molecule has 0 spiro atoms. The van der Waals surface area contributed by atoms with E-state index in [2.05, 4.69) is 42.5 Å². The van der Waals surface area contributed by atoms with Gasteiger partial charge in [-0.15, -0.1) is 0 Å². The minimum atomic E-state index is -0.700. The van der Waals surface area contributed by atoms with Crippen LogP contribution in [0.15, 0.2) is 127 Å². The van der Waals surface area contributed by atoms with Crippen molar-refractivity contribution in [2.24, 2.45) is 17.8 Å². The Balaban J connectivity index is 1.55. The lowest BCUT2D eigenvalue weighted by atomic mass is 9.61. The van der Waals surface area contributed by atoms with Gasteiger partial charge in [0.25, 0.3) is 0 Å². The van der Waals surface area contributed by atoms with Crippen LogP contribution < -0.4 is 0 Å². The Morgan fingerprint density at radius 3 is 1.56 bits per heavy atom. The highest BCUT2D eigenvalue weighted by Gasteiger charge is 2.70. The number of rotatable bonds is 4. The molecule has 2 heteroatoms. The number of benzene rings is 4. The summed E-state index contributed by atoms with van der Waals surface area (Å²) >= 11 is 0. The first-order chi connectivity index (χ1) is 17.7. The van der Waals surface area contributed by atoms with Crippen molar-refractivity contribution in [3.8, 4) is 0 Å². The summed E-state index contributed by atoms with van der Waals surface area (Å²) in [5.74, 6) is -1.10. The fourth-order valence-corrected chi connectivity index (χ4v) is 6.96.